The second-order valence-corrected chi connectivity index (χ2v) is 7.88. The van der Waals surface area contributed by atoms with E-state index in [4.69, 9.17) is 14.6 Å². The normalized spacial score (nSPS) is 14.5. The zero-order valence-corrected chi connectivity index (χ0v) is 17.8. The van der Waals surface area contributed by atoms with E-state index in [9.17, 15) is 4.79 Å². The molecule has 3 rings (SSSR count). The Morgan fingerprint density at radius 2 is 1.93 bits per heavy atom. The molecular weight excluding hydrogens is 384 g/mol. The van der Waals surface area contributed by atoms with Crippen molar-refractivity contribution < 1.29 is 19.4 Å². The maximum Gasteiger partial charge on any atom is 0.338 e. The van der Waals surface area contributed by atoms with Crippen molar-refractivity contribution in [2.24, 2.45) is 5.92 Å². The van der Waals surface area contributed by atoms with E-state index in [2.05, 4.69) is 34.0 Å². The molecule has 2 aromatic rings. The van der Waals surface area contributed by atoms with Crippen molar-refractivity contribution in [3.8, 4) is 11.5 Å². The van der Waals surface area contributed by atoms with Gasteiger partial charge in [-0.15, -0.1) is 0 Å². The van der Waals surface area contributed by atoms with Gasteiger partial charge < -0.3 is 24.8 Å². The fourth-order valence-electron chi connectivity index (χ4n) is 3.45. The number of nitrogens with one attached hydrogen (secondary N) is 1. The van der Waals surface area contributed by atoms with Crippen molar-refractivity contribution in [3.05, 3.63) is 41.7 Å². The number of carbonyl (C=O) groups is 1. The SMILES string of the molecule is COc1ccc(CN(c2ncc(C(=O)O)cn2)C2CCNCC2)cc1OCC(C)C. The van der Waals surface area contributed by atoms with Crippen LogP contribution in [0.1, 0.15) is 42.6 Å². The summed E-state index contributed by atoms with van der Waals surface area (Å²) >= 11 is 0. The fraction of sp³-hybridized carbons (Fsp3) is 0.500. The number of aromatic nitrogens is 2. The van der Waals surface area contributed by atoms with E-state index >= 15 is 0 Å². The van der Waals surface area contributed by atoms with Gasteiger partial charge in [-0.1, -0.05) is 19.9 Å². The predicted molar refractivity (Wildman–Crippen MR) is 114 cm³/mol. The van der Waals surface area contributed by atoms with Gasteiger partial charge in [0.05, 0.1) is 19.3 Å². The molecule has 1 aromatic heterocycles. The van der Waals surface area contributed by atoms with E-state index in [1.54, 1.807) is 7.11 Å². The summed E-state index contributed by atoms with van der Waals surface area (Å²) in [4.78, 5) is 22.0. The molecule has 162 valence electrons. The lowest BCUT2D eigenvalue weighted by Crippen LogP contribution is -2.43. The number of carboxylic acids is 1. The van der Waals surface area contributed by atoms with Gasteiger partial charge in [0.15, 0.2) is 11.5 Å². The van der Waals surface area contributed by atoms with Crippen molar-refractivity contribution in [1.29, 1.82) is 0 Å². The predicted octanol–water partition coefficient (Wildman–Crippen LogP) is 2.98. The average Bonchev–Trinajstić information content (AvgIpc) is 2.76. The molecule has 1 saturated heterocycles. The van der Waals surface area contributed by atoms with Gasteiger partial charge >= 0.3 is 5.97 Å². The Morgan fingerprint density at radius 3 is 2.53 bits per heavy atom. The Balaban J connectivity index is 1.86. The summed E-state index contributed by atoms with van der Waals surface area (Å²) in [5, 5.41) is 12.5. The van der Waals surface area contributed by atoms with Gasteiger partial charge in [-0.2, -0.15) is 0 Å². The highest BCUT2D eigenvalue weighted by atomic mass is 16.5. The lowest BCUT2D eigenvalue weighted by molar-refractivity contribution is 0.0696. The molecule has 1 aromatic carbocycles. The van der Waals surface area contributed by atoms with Gasteiger partial charge in [-0.3, -0.25) is 0 Å². The van der Waals surface area contributed by atoms with Crippen molar-refractivity contribution in [3.63, 3.8) is 0 Å². The molecule has 0 spiro atoms. The minimum absolute atomic E-state index is 0.0813. The number of anilines is 1. The standard InChI is InChI=1S/C22H30N4O4/c1-15(2)14-30-20-10-16(4-5-19(20)29-3)13-26(18-6-8-23-9-7-18)22-24-11-17(12-25-22)21(27)28/h4-5,10-12,15,18,23H,6-9,13-14H2,1-3H3,(H,27,28). The van der Waals surface area contributed by atoms with Crippen LogP contribution in [0.25, 0.3) is 0 Å². The zero-order chi connectivity index (χ0) is 21.5. The minimum atomic E-state index is -1.03. The lowest BCUT2D eigenvalue weighted by Gasteiger charge is -2.35. The van der Waals surface area contributed by atoms with Crippen molar-refractivity contribution in [1.82, 2.24) is 15.3 Å². The summed E-state index contributed by atoms with van der Waals surface area (Å²) in [7, 11) is 1.64. The number of carboxylic acid groups (broad SMARTS) is 1. The highest BCUT2D eigenvalue weighted by Gasteiger charge is 2.24. The Labute approximate surface area is 177 Å². The zero-order valence-electron chi connectivity index (χ0n) is 17.8. The summed E-state index contributed by atoms with van der Waals surface area (Å²) in [5.41, 5.74) is 1.14. The van der Waals surface area contributed by atoms with Crippen molar-refractivity contribution in [2.75, 3.05) is 31.7 Å². The molecule has 0 unspecified atom stereocenters. The number of nitrogens with zero attached hydrogens (tertiary/aromatic N) is 3. The third-order valence-corrected chi connectivity index (χ3v) is 5.04. The molecule has 1 fully saturated rings. The number of piperidine rings is 1. The minimum Gasteiger partial charge on any atom is -0.493 e. The number of rotatable bonds is 9. The number of benzene rings is 1. The molecule has 8 heteroatoms. The molecule has 0 aliphatic carbocycles. The van der Waals surface area contributed by atoms with Gasteiger partial charge in [0.1, 0.15) is 0 Å². The first-order chi connectivity index (χ1) is 14.5. The first kappa shape index (κ1) is 21.8. The summed E-state index contributed by atoms with van der Waals surface area (Å²) in [6.07, 6.45) is 4.67. The van der Waals surface area contributed by atoms with Gasteiger partial charge in [0.2, 0.25) is 5.95 Å². The van der Waals surface area contributed by atoms with Crippen LogP contribution in [0, 0.1) is 5.92 Å². The smallest absolute Gasteiger partial charge is 0.338 e. The van der Waals surface area contributed by atoms with Crippen molar-refractivity contribution >= 4 is 11.9 Å². The van der Waals surface area contributed by atoms with Gasteiger partial charge in [0, 0.05) is 25.0 Å². The van der Waals surface area contributed by atoms with Crippen LogP contribution in [0.4, 0.5) is 5.95 Å². The summed E-state index contributed by atoms with van der Waals surface area (Å²) in [6, 6.07) is 6.20. The van der Waals surface area contributed by atoms with Crippen LogP contribution in [0.5, 0.6) is 11.5 Å². The highest BCUT2D eigenvalue weighted by molar-refractivity contribution is 5.86. The number of methoxy groups -OCH3 is 1. The fourth-order valence-corrected chi connectivity index (χ4v) is 3.45. The maximum absolute atomic E-state index is 11.2. The van der Waals surface area contributed by atoms with Gasteiger partial charge in [-0.05, 0) is 49.5 Å². The molecule has 0 bridgehead atoms. The maximum atomic E-state index is 11.2. The van der Waals surface area contributed by atoms with Crippen LogP contribution in [0.2, 0.25) is 0 Å². The number of ether oxygens (including phenoxy) is 2. The molecule has 0 saturated carbocycles. The highest BCUT2D eigenvalue weighted by Crippen LogP contribution is 2.30. The third-order valence-electron chi connectivity index (χ3n) is 5.04. The molecule has 30 heavy (non-hydrogen) atoms. The van der Waals surface area contributed by atoms with Gasteiger partial charge in [0.25, 0.3) is 0 Å². The van der Waals surface area contributed by atoms with Crippen LogP contribution in [-0.4, -0.2) is 53.9 Å². The number of hydrogen-bond donors (Lipinski definition) is 2. The van der Waals surface area contributed by atoms with E-state index in [-0.39, 0.29) is 11.6 Å². The quantitative estimate of drug-likeness (QED) is 0.646. The first-order valence-electron chi connectivity index (χ1n) is 10.3. The summed E-state index contributed by atoms with van der Waals surface area (Å²) < 4.78 is 11.4. The second-order valence-electron chi connectivity index (χ2n) is 7.88. The van der Waals surface area contributed by atoms with E-state index in [0.29, 0.717) is 30.8 Å². The van der Waals surface area contributed by atoms with E-state index < -0.39 is 5.97 Å². The molecule has 1 aliphatic rings. The topological polar surface area (TPSA) is 96.8 Å². The Morgan fingerprint density at radius 1 is 1.23 bits per heavy atom. The second kappa shape index (κ2) is 10.2. The Bertz CT molecular complexity index is 836. The lowest BCUT2D eigenvalue weighted by atomic mass is 10.0. The summed E-state index contributed by atoms with van der Waals surface area (Å²) in [6.45, 7) is 7.27. The largest absolute Gasteiger partial charge is 0.493 e. The monoisotopic (exact) mass is 414 g/mol. The first-order valence-corrected chi connectivity index (χ1v) is 10.3. The third kappa shape index (κ3) is 5.60. The van der Waals surface area contributed by atoms with Crippen LogP contribution in [-0.2, 0) is 6.54 Å². The van der Waals surface area contributed by atoms with Crippen LogP contribution in [0.3, 0.4) is 0 Å². The number of aromatic carboxylic acids is 1. The average molecular weight is 415 g/mol. The van der Waals surface area contributed by atoms with E-state index in [1.807, 2.05) is 18.2 Å². The molecule has 0 atom stereocenters. The Kier molecular flexibility index (Phi) is 7.46. The molecule has 8 nitrogen and oxygen atoms in total. The van der Waals surface area contributed by atoms with Gasteiger partial charge in [-0.25, -0.2) is 14.8 Å². The van der Waals surface area contributed by atoms with Crippen LogP contribution < -0.4 is 19.7 Å². The number of hydrogen-bond acceptors (Lipinski definition) is 7. The van der Waals surface area contributed by atoms with Crippen molar-refractivity contribution in [2.45, 2.75) is 39.3 Å². The molecule has 2 heterocycles. The molecule has 0 amide bonds. The summed E-state index contributed by atoms with van der Waals surface area (Å²) in [5.74, 6) is 1.33. The molecule has 0 radical (unpaired) electrons. The molecular formula is C22H30N4O4. The molecule has 1 aliphatic heterocycles. The molecule has 2 N–H and O–H groups in total. The van der Waals surface area contributed by atoms with E-state index in [0.717, 1.165) is 37.2 Å². The Hall–Kier alpha value is -2.87. The van der Waals surface area contributed by atoms with Crippen LogP contribution in [0.15, 0.2) is 30.6 Å². The van der Waals surface area contributed by atoms with Crippen LogP contribution >= 0.6 is 0 Å². The van der Waals surface area contributed by atoms with E-state index in [1.165, 1.54) is 12.4 Å².